The van der Waals surface area contributed by atoms with Crippen molar-refractivity contribution in [1.29, 1.82) is 0 Å². The summed E-state index contributed by atoms with van der Waals surface area (Å²) in [6.45, 7) is 11.8. The van der Waals surface area contributed by atoms with Gasteiger partial charge in [0.2, 0.25) is 0 Å². The van der Waals surface area contributed by atoms with E-state index in [4.69, 9.17) is 21.4 Å². The Morgan fingerprint density at radius 2 is 1.76 bits per heavy atom. The standard InChI is InChI=1S/C37H41ClN8O3.ClH/c1-23-8-11-25(12-9-23)46-33(21-32(43-46)37(2,3)4)40-36(48)39-29-13-15-31(27-7-5-6-26(27)29)49-19-18-44-16-17-45-34(22-44)41-42-35(45)28-20-24(38)10-14-30(28)47;/h8-15,20-21,47H,5-7,16-19,22H2,1-4H3,(H2,39,40,48);1H. The van der Waals surface area contributed by atoms with E-state index in [-0.39, 0.29) is 29.6 Å². The molecule has 0 unspecified atom stereocenters. The number of phenolic OH excluding ortho intramolecular Hbond substituents is 1. The monoisotopic (exact) mass is 716 g/mol. The molecule has 2 aromatic heterocycles. The van der Waals surface area contributed by atoms with Crippen LogP contribution < -0.4 is 15.4 Å². The largest absolute Gasteiger partial charge is 0.507 e. The van der Waals surface area contributed by atoms with Crippen LogP contribution in [0.1, 0.15) is 55.4 Å². The SMILES string of the molecule is Cc1ccc(-n2nc(C(C)(C)C)cc2NC(=O)Nc2ccc(OCCN3CCn4c(nnc4-c4cc(Cl)ccc4O)C3)c3c2CCC3)cc1.Cl. The van der Waals surface area contributed by atoms with Gasteiger partial charge in [0.15, 0.2) is 5.82 Å². The minimum Gasteiger partial charge on any atom is -0.507 e. The van der Waals surface area contributed by atoms with Crippen LogP contribution in [-0.2, 0) is 31.3 Å². The van der Waals surface area contributed by atoms with E-state index in [0.717, 1.165) is 77.7 Å². The Kier molecular flexibility index (Phi) is 10.1. The van der Waals surface area contributed by atoms with Crippen LogP contribution >= 0.6 is 24.0 Å². The molecular formula is C37H42Cl2N8O3. The van der Waals surface area contributed by atoms with E-state index < -0.39 is 0 Å². The molecule has 50 heavy (non-hydrogen) atoms. The van der Waals surface area contributed by atoms with Crippen molar-refractivity contribution in [2.24, 2.45) is 0 Å². The van der Waals surface area contributed by atoms with E-state index in [1.165, 1.54) is 0 Å². The second-order valence-corrected chi connectivity index (χ2v) is 14.2. The first-order valence-electron chi connectivity index (χ1n) is 16.7. The molecule has 0 fully saturated rings. The molecule has 1 aliphatic heterocycles. The number of rotatable bonds is 8. The number of carbonyl (C=O) groups is 1. The quantitative estimate of drug-likeness (QED) is 0.152. The second kappa shape index (κ2) is 14.3. The highest BCUT2D eigenvalue weighted by molar-refractivity contribution is 6.30. The first-order valence-corrected chi connectivity index (χ1v) is 17.1. The number of nitrogens with one attached hydrogen (secondary N) is 2. The number of aryl methyl sites for hydroxylation is 1. The Balaban J connectivity index is 0.00000432. The Morgan fingerprint density at radius 1 is 0.980 bits per heavy atom. The van der Waals surface area contributed by atoms with Crippen molar-refractivity contribution < 1.29 is 14.6 Å². The first kappa shape index (κ1) is 35.3. The number of urea groups is 1. The smallest absolute Gasteiger partial charge is 0.324 e. The third kappa shape index (κ3) is 7.31. The van der Waals surface area contributed by atoms with Gasteiger partial charge < -0.3 is 19.7 Å². The number of amides is 2. The lowest BCUT2D eigenvalue weighted by molar-refractivity contribution is 0.174. The van der Waals surface area contributed by atoms with E-state index in [9.17, 15) is 9.90 Å². The average Bonchev–Trinajstić information content (AvgIpc) is 3.83. The molecule has 2 amide bonds. The van der Waals surface area contributed by atoms with Crippen LogP contribution in [0.2, 0.25) is 5.02 Å². The van der Waals surface area contributed by atoms with Gasteiger partial charge in [0, 0.05) is 41.8 Å². The maximum Gasteiger partial charge on any atom is 0.324 e. The van der Waals surface area contributed by atoms with E-state index >= 15 is 0 Å². The van der Waals surface area contributed by atoms with Crippen LogP contribution in [0.15, 0.2) is 60.7 Å². The summed E-state index contributed by atoms with van der Waals surface area (Å²) < 4.78 is 10.2. The fraction of sp³-hybridized carbons (Fsp3) is 0.351. The van der Waals surface area contributed by atoms with Crippen LogP contribution in [0, 0.1) is 6.92 Å². The number of benzene rings is 3. The number of nitrogens with zero attached hydrogens (tertiary/aromatic N) is 6. The Bertz CT molecular complexity index is 2020. The Labute approximate surface area is 303 Å². The van der Waals surface area contributed by atoms with Crippen LogP contribution in [0.5, 0.6) is 11.5 Å². The van der Waals surface area contributed by atoms with Crippen molar-refractivity contribution in [3.05, 3.63) is 93.9 Å². The van der Waals surface area contributed by atoms with Gasteiger partial charge in [-0.25, -0.2) is 9.48 Å². The van der Waals surface area contributed by atoms with Gasteiger partial charge in [-0.3, -0.25) is 10.2 Å². The topological polar surface area (TPSA) is 122 Å². The van der Waals surface area contributed by atoms with Crippen molar-refractivity contribution in [3.8, 4) is 28.6 Å². The van der Waals surface area contributed by atoms with Gasteiger partial charge in [0.25, 0.3) is 0 Å². The molecule has 0 spiro atoms. The molecule has 3 aromatic carbocycles. The van der Waals surface area contributed by atoms with Gasteiger partial charge in [-0.05, 0) is 79.8 Å². The Morgan fingerprint density at radius 3 is 2.54 bits per heavy atom. The number of phenols is 1. The molecule has 1 aliphatic carbocycles. The highest BCUT2D eigenvalue weighted by atomic mass is 35.5. The lowest BCUT2D eigenvalue weighted by Gasteiger charge is -2.27. The molecule has 3 N–H and O–H groups in total. The highest BCUT2D eigenvalue weighted by Gasteiger charge is 2.26. The zero-order valence-electron chi connectivity index (χ0n) is 28.7. The highest BCUT2D eigenvalue weighted by Crippen LogP contribution is 2.37. The van der Waals surface area contributed by atoms with Crippen molar-refractivity contribution in [2.75, 3.05) is 30.3 Å². The predicted molar refractivity (Wildman–Crippen MR) is 198 cm³/mol. The number of aromatic hydroxyl groups is 1. The first-order chi connectivity index (χ1) is 23.5. The van der Waals surface area contributed by atoms with Gasteiger partial charge in [0.1, 0.15) is 29.7 Å². The molecular weight excluding hydrogens is 675 g/mol. The normalized spacial score (nSPS) is 14.1. The van der Waals surface area contributed by atoms with Crippen molar-refractivity contribution in [2.45, 2.75) is 65.5 Å². The lowest BCUT2D eigenvalue weighted by atomic mass is 9.92. The molecule has 2 aliphatic rings. The second-order valence-electron chi connectivity index (χ2n) is 13.8. The van der Waals surface area contributed by atoms with Gasteiger partial charge >= 0.3 is 6.03 Å². The molecule has 5 aromatic rings. The summed E-state index contributed by atoms with van der Waals surface area (Å²) in [6, 6.07) is 18.6. The number of hydrogen-bond acceptors (Lipinski definition) is 7. The third-order valence-corrected chi connectivity index (χ3v) is 9.42. The summed E-state index contributed by atoms with van der Waals surface area (Å²) in [5.74, 6) is 3.06. The van der Waals surface area contributed by atoms with E-state index in [1.807, 2.05) is 54.0 Å². The zero-order valence-corrected chi connectivity index (χ0v) is 30.2. The number of ether oxygens (including phenoxy) is 1. The molecule has 11 nitrogen and oxygen atoms in total. The van der Waals surface area contributed by atoms with E-state index in [1.54, 1.807) is 22.9 Å². The maximum absolute atomic E-state index is 13.4. The number of carbonyl (C=O) groups excluding carboxylic acids is 1. The minimum atomic E-state index is -0.317. The zero-order chi connectivity index (χ0) is 34.3. The summed E-state index contributed by atoms with van der Waals surface area (Å²) in [4.78, 5) is 15.7. The maximum atomic E-state index is 13.4. The van der Waals surface area contributed by atoms with Crippen LogP contribution in [0.25, 0.3) is 17.1 Å². The number of fused-ring (bicyclic) bond motifs is 2. The van der Waals surface area contributed by atoms with Gasteiger partial charge in [0.05, 0.1) is 23.5 Å². The molecule has 3 heterocycles. The lowest BCUT2D eigenvalue weighted by Crippen LogP contribution is -2.36. The fourth-order valence-corrected chi connectivity index (χ4v) is 6.66. The van der Waals surface area contributed by atoms with Gasteiger partial charge in [-0.2, -0.15) is 5.10 Å². The number of anilines is 2. The number of halogens is 2. The van der Waals surface area contributed by atoms with Crippen LogP contribution in [0.3, 0.4) is 0 Å². The van der Waals surface area contributed by atoms with E-state index in [0.29, 0.717) is 41.9 Å². The van der Waals surface area contributed by atoms with Crippen molar-refractivity contribution >= 4 is 41.5 Å². The Hall–Kier alpha value is -4.58. The molecule has 0 saturated heterocycles. The van der Waals surface area contributed by atoms with Crippen LogP contribution in [-0.4, -0.2) is 60.3 Å². The average molecular weight is 718 g/mol. The minimum absolute atomic E-state index is 0. The number of hydrogen-bond donors (Lipinski definition) is 3. The third-order valence-electron chi connectivity index (χ3n) is 9.18. The van der Waals surface area contributed by atoms with Gasteiger partial charge in [-0.15, -0.1) is 22.6 Å². The molecule has 0 atom stereocenters. The van der Waals surface area contributed by atoms with E-state index in [2.05, 4.69) is 46.5 Å². The molecule has 0 saturated carbocycles. The van der Waals surface area contributed by atoms with Crippen LogP contribution in [0.4, 0.5) is 16.3 Å². The molecule has 7 rings (SSSR count). The molecule has 13 heteroatoms. The number of aromatic nitrogens is 5. The summed E-state index contributed by atoms with van der Waals surface area (Å²) in [6.07, 6.45) is 2.79. The summed E-state index contributed by atoms with van der Waals surface area (Å²) in [5, 5.41) is 30.6. The van der Waals surface area contributed by atoms with Gasteiger partial charge in [-0.1, -0.05) is 50.1 Å². The fourth-order valence-electron chi connectivity index (χ4n) is 6.48. The summed E-state index contributed by atoms with van der Waals surface area (Å²) in [7, 11) is 0. The molecule has 0 radical (unpaired) electrons. The van der Waals surface area contributed by atoms with Crippen molar-refractivity contribution in [3.63, 3.8) is 0 Å². The summed E-state index contributed by atoms with van der Waals surface area (Å²) in [5.41, 5.74) is 6.40. The molecule has 262 valence electrons. The predicted octanol–water partition coefficient (Wildman–Crippen LogP) is 7.54. The van der Waals surface area contributed by atoms with Crippen molar-refractivity contribution in [1.82, 2.24) is 29.4 Å². The summed E-state index contributed by atoms with van der Waals surface area (Å²) >= 11 is 6.17. The molecule has 0 bridgehead atoms.